The topological polar surface area (TPSA) is 107 Å². The summed E-state index contributed by atoms with van der Waals surface area (Å²) in [6, 6.07) is 6.75. The molecule has 1 atom stereocenters. The van der Waals surface area contributed by atoms with Gasteiger partial charge in [-0.1, -0.05) is 18.2 Å². The van der Waals surface area contributed by atoms with Crippen LogP contribution in [0.15, 0.2) is 33.9 Å². The van der Waals surface area contributed by atoms with Crippen LogP contribution in [0.25, 0.3) is 0 Å². The molecule has 3 N–H and O–H groups in total. The number of nitrogen functional groups attached to an aromatic ring is 1. The van der Waals surface area contributed by atoms with E-state index in [2.05, 4.69) is 4.98 Å². The molecule has 3 rings (SSSR count). The molecule has 2 aromatic rings. The molecule has 0 saturated carbocycles. The van der Waals surface area contributed by atoms with Crippen molar-refractivity contribution < 1.29 is 9.53 Å². The molecular weight excluding hydrogens is 262 g/mol. The van der Waals surface area contributed by atoms with Gasteiger partial charge >= 0.3 is 11.7 Å². The maximum atomic E-state index is 12.2. The molecule has 0 spiro atoms. The van der Waals surface area contributed by atoms with E-state index in [1.807, 2.05) is 0 Å². The van der Waals surface area contributed by atoms with E-state index < -0.39 is 23.3 Å². The maximum Gasteiger partial charge on any atom is 0.339 e. The summed E-state index contributed by atoms with van der Waals surface area (Å²) in [5.74, 6) is -0.606. The summed E-state index contributed by atoms with van der Waals surface area (Å²) in [4.78, 5) is 37.8. The number of cyclic esters (lactones) is 1. The quantitative estimate of drug-likeness (QED) is 0.706. The molecule has 0 amide bonds. The van der Waals surface area contributed by atoms with Crippen molar-refractivity contribution in [3.63, 3.8) is 0 Å². The van der Waals surface area contributed by atoms with E-state index in [0.29, 0.717) is 11.1 Å². The zero-order valence-corrected chi connectivity index (χ0v) is 10.5. The first-order valence-electron chi connectivity index (χ1n) is 5.89. The standard InChI is InChI=1S/C13H11N3O4/c1-16-11(17)8(10(14)15-13(16)19)9-6-4-2-3-5-7(6)12(18)20-9/h2-5,9H,14H2,1H3,(H,15,19). The SMILES string of the molecule is Cn1c(=O)[nH]c(N)c(C2OC(=O)c3ccccc32)c1=O. The molecule has 7 nitrogen and oxygen atoms in total. The fraction of sp³-hybridized carbons (Fsp3) is 0.154. The second kappa shape index (κ2) is 4.09. The van der Waals surface area contributed by atoms with Gasteiger partial charge in [-0.05, 0) is 6.07 Å². The number of aromatic amines is 1. The smallest absolute Gasteiger partial charge is 0.339 e. The maximum absolute atomic E-state index is 12.2. The van der Waals surface area contributed by atoms with Crippen molar-refractivity contribution in [2.24, 2.45) is 7.05 Å². The Kier molecular flexibility index (Phi) is 2.50. The predicted molar refractivity (Wildman–Crippen MR) is 70.4 cm³/mol. The molecule has 20 heavy (non-hydrogen) atoms. The summed E-state index contributed by atoms with van der Waals surface area (Å²) >= 11 is 0. The average Bonchev–Trinajstić information content (AvgIpc) is 2.75. The molecule has 0 saturated heterocycles. The Bertz CT molecular complexity index is 834. The number of hydrogen-bond donors (Lipinski definition) is 2. The molecule has 7 heteroatoms. The van der Waals surface area contributed by atoms with E-state index in [9.17, 15) is 14.4 Å². The monoisotopic (exact) mass is 273 g/mol. The Morgan fingerprint density at radius 3 is 2.70 bits per heavy atom. The second-order valence-electron chi connectivity index (χ2n) is 4.49. The first-order valence-corrected chi connectivity index (χ1v) is 5.89. The van der Waals surface area contributed by atoms with E-state index in [4.69, 9.17) is 10.5 Å². The van der Waals surface area contributed by atoms with Crippen molar-refractivity contribution >= 4 is 11.8 Å². The van der Waals surface area contributed by atoms with E-state index in [-0.39, 0.29) is 11.4 Å². The van der Waals surface area contributed by atoms with Crippen LogP contribution in [0.3, 0.4) is 0 Å². The highest BCUT2D eigenvalue weighted by Crippen LogP contribution is 2.35. The Morgan fingerprint density at radius 1 is 1.25 bits per heavy atom. The van der Waals surface area contributed by atoms with E-state index in [1.54, 1.807) is 24.3 Å². The number of ether oxygens (including phenoxy) is 1. The van der Waals surface area contributed by atoms with Gasteiger partial charge in [-0.2, -0.15) is 0 Å². The fourth-order valence-corrected chi connectivity index (χ4v) is 2.27. The van der Waals surface area contributed by atoms with Gasteiger partial charge < -0.3 is 10.5 Å². The number of benzene rings is 1. The number of rotatable bonds is 1. The third kappa shape index (κ3) is 1.56. The zero-order valence-electron chi connectivity index (χ0n) is 10.5. The summed E-state index contributed by atoms with van der Waals surface area (Å²) in [6.45, 7) is 0. The number of aromatic nitrogens is 2. The van der Waals surface area contributed by atoms with Gasteiger partial charge in [0.25, 0.3) is 5.56 Å². The third-order valence-electron chi connectivity index (χ3n) is 3.32. The lowest BCUT2D eigenvalue weighted by Crippen LogP contribution is -2.37. The van der Waals surface area contributed by atoms with Crippen molar-refractivity contribution in [2.45, 2.75) is 6.10 Å². The molecule has 0 aliphatic carbocycles. The number of anilines is 1. The average molecular weight is 273 g/mol. The van der Waals surface area contributed by atoms with Crippen molar-refractivity contribution in [3.05, 3.63) is 61.8 Å². The number of carbonyl (C=O) groups excluding carboxylic acids is 1. The second-order valence-corrected chi connectivity index (χ2v) is 4.49. The van der Waals surface area contributed by atoms with Crippen molar-refractivity contribution in [1.29, 1.82) is 0 Å². The highest BCUT2D eigenvalue weighted by molar-refractivity contribution is 5.94. The highest BCUT2D eigenvalue weighted by Gasteiger charge is 2.35. The fourth-order valence-electron chi connectivity index (χ4n) is 2.27. The van der Waals surface area contributed by atoms with E-state index in [1.165, 1.54) is 7.05 Å². The third-order valence-corrected chi connectivity index (χ3v) is 3.32. The van der Waals surface area contributed by atoms with Crippen LogP contribution in [-0.4, -0.2) is 15.5 Å². The number of esters is 1. The first-order chi connectivity index (χ1) is 9.50. The molecule has 1 aromatic carbocycles. The Morgan fingerprint density at radius 2 is 1.95 bits per heavy atom. The molecule has 102 valence electrons. The Balaban J connectivity index is 2.27. The van der Waals surface area contributed by atoms with Crippen LogP contribution in [0.5, 0.6) is 0 Å². The minimum Gasteiger partial charge on any atom is -0.449 e. The molecule has 1 aliphatic heterocycles. The lowest BCUT2D eigenvalue weighted by Gasteiger charge is -2.13. The van der Waals surface area contributed by atoms with Gasteiger partial charge in [0.05, 0.1) is 5.56 Å². The highest BCUT2D eigenvalue weighted by atomic mass is 16.5. The van der Waals surface area contributed by atoms with Crippen LogP contribution >= 0.6 is 0 Å². The van der Waals surface area contributed by atoms with Crippen molar-refractivity contribution in [2.75, 3.05) is 5.73 Å². The van der Waals surface area contributed by atoms with Crippen molar-refractivity contribution in [3.8, 4) is 0 Å². The minimum absolute atomic E-state index is 0.0606. The summed E-state index contributed by atoms with van der Waals surface area (Å²) in [5.41, 5.74) is 5.53. The number of nitrogens with two attached hydrogens (primary N) is 1. The molecular formula is C13H11N3O4. The van der Waals surface area contributed by atoms with E-state index in [0.717, 1.165) is 4.57 Å². The van der Waals surface area contributed by atoms with Gasteiger partial charge in [0.1, 0.15) is 11.4 Å². The molecule has 1 unspecified atom stereocenters. The summed E-state index contributed by atoms with van der Waals surface area (Å²) in [6.07, 6.45) is -0.894. The number of carbonyl (C=O) groups is 1. The lowest BCUT2D eigenvalue weighted by molar-refractivity contribution is 0.0454. The number of H-pyrrole nitrogens is 1. The van der Waals surface area contributed by atoms with Crippen molar-refractivity contribution in [1.82, 2.24) is 9.55 Å². The molecule has 1 aromatic heterocycles. The van der Waals surface area contributed by atoms with Crippen LogP contribution < -0.4 is 17.0 Å². The Labute approximate surface area is 112 Å². The zero-order chi connectivity index (χ0) is 14.4. The first kappa shape index (κ1) is 12.2. The normalized spacial score (nSPS) is 16.9. The molecule has 0 fully saturated rings. The van der Waals surface area contributed by atoms with Crippen LogP contribution in [0, 0.1) is 0 Å². The van der Waals surface area contributed by atoms with Crippen LogP contribution in [-0.2, 0) is 11.8 Å². The largest absolute Gasteiger partial charge is 0.449 e. The lowest BCUT2D eigenvalue weighted by atomic mass is 10.0. The summed E-state index contributed by atoms with van der Waals surface area (Å²) in [7, 11) is 1.33. The number of hydrogen-bond acceptors (Lipinski definition) is 5. The van der Waals surface area contributed by atoms with Crippen LogP contribution in [0.2, 0.25) is 0 Å². The predicted octanol–water partition coefficient (Wildman–Crippen LogP) is -0.0844. The van der Waals surface area contributed by atoms with Gasteiger partial charge in [0.2, 0.25) is 0 Å². The van der Waals surface area contributed by atoms with Gasteiger partial charge in [0.15, 0.2) is 6.10 Å². The number of nitrogens with zero attached hydrogens (tertiary/aromatic N) is 1. The summed E-state index contributed by atoms with van der Waals surface area (Å²) in [5, 5.41) is 0. The molecule has 0 bridgehead atoms. The molecule has 1 aliphatic rings. The Hall–Kier alpha value is -2.83. The van der Waals surface area contributed by atoms with Gasteiger partial charge in [-0.25, -0.2) is 9.59 Å². The number of nitrogens with one attached hydrogen (secondary N) is 1. The van der Waals surface area contributed by atoms with Gasteiger partial charge in [-0.3, -0.25) is 14.3 Å². The molecule has 0 radical (unpaired) electrons. The van der Waals surface area contributed by atoms with Gasteiger partial charge in [-0.15, -0.1) is 0 Å². The van der Waals surface area contributed by atoms with Gasteiger partial charge in [0, 0.05) is 12.6 Å². The van der Waals surface area contributed by atoms with E-state index >= 15 is 0 Å². The molecule has 2 heterocycles. The number of fused-ring (bicyclic) bond motifs is 1. The van der Waals surface area contributed by atoms with Crippen LogP contribution in [0.4, 0.5) is 5.82 Å². The van der Waals surface area contributed by atoms with Crippen LogP contribution in [0.1, 0.15) is 27.6 Å². The summed E-state index contributed by atoms with van der Waals surface area (Å²) < 4.78 is 6.11. The minimum atomic E-state index is -0.894.